The van der Waals surface area contributed by atoms with Gasteiger partial charge in [0.2, 0.25) is 0 Å². The molecule has 1 fully saturated rings. The first-order valence-electron chi connectivity index (χ1n) is 12.5. The molecule has 4 aromatic rings. The number of rotatable bonds is 10. The van der Waals surface area contributed by atoms with Crippen molar-refractivity contribution in [1.29, 1.82) is 0 Å². The lowest BCUT2D eigenvalue weighted by molar-refractivity contribution is -0.0142. The Morgan fingerprint density at radius 2 is 1.86 bits per heavy atom. The number of benzene rings is 3. The Morgan fingerprint density at radius 1 is 1.03 bits per heavy atom. The van der Waals surface area contributed by atoms with Crippen LogP contribution in [0.4, 0.5) is 0 Å². The maximum Gasteiger partial charge on any atom is 0.339 e. The summed E-state index contributed by atoms with van der Waals surface area (Å²) in [5.41, 5.74) is 3.82. The minimum atomic E-state index is -1.01. The highest BCUT2D eigenvalue weighted by molar-refractivity contribution is 6.31. The van der Waals surface area contributed by atoms with Crippen LogP contribution in [0.15, 0.2) is 78.9 Å². The molecule has 0 bridgehead atoms. The number of fused-ring (bicyclic) bond motifs is 1. The molecule has 1 heterocycles. The first-order valence-corrected chi connectivity index (χ1v) is 12.8. The molecule has 6 heteroatoms. The summed E-state index contributed by atoms with van der Waals surface area (Å²) in [5, 5.41) is 11.2. The number of nitrogens with zero attached hydrogens (tertiary/aromatic N) is 1. The molecule has 0 saturated heterocycles. The van der Waals surface area contributed by atoms with Gasteiger partial charge in [0.25, 0.3) is 0 Å². The largest absolute Gasteiger partial charge is 0.490 e. The van der Waals surface area contributed by atoms with E-state index in [1.807, 2.05) is 60.7 Å². The highest BCUT2D eigenvalue weighted by Gasteiger charge is 2.22. The van der Waals surface area contributed by atoms with Gasteiger partial charge in [-0.3, -0.25) is 0 Å². The Labute approximate surface area is 221 Å². The van der Waals surface area contributed by atoms with Crippen molar-refractivity contribution >= 4 is 40.6 Å². The zero-order chi connectivity index (χ0) is 25.6. The minimum absolute atomic E-state index is 0.140. The number of carbonyl (C=O) groups is 1. The molecule has 3 aromatic carbocycles. The van der Waals surface area contributed by atoms with Crippen molar-refractivity contribution in [3.05, 3.63) is 106 Å². The van der Waals surface area contributed by atoms with Crippen molar-refractivity contribution in [1.82, 2.24) is 4.98 Å². The smallest absolute Gasteiger partial charge is 0.339 e. The Hall–Kier alpha value is -3.67. The highest BCUT2D eigenvalue weighted by atomic mass is 35.5. The van der Waals surface area contributed by atoms with Crippen molar-refractivity contribution in [3.63, 3.8) is 0 Å². The van der Waals surface area contributed by atoms with Gasteiger partial charge in [0.05, 0.1) is 17.8 Å². The third kappa shape index (κ3) is 6.37. The van der Waals surface area contributed by atoms with E-state index in [1.54, 1.807) is 24.3 Å². The average molecular weight is 514 g/mol. The third-order valence-electron chi connectivity index (χ3n) is 6.67. The van der Waals surface area contributed by atoms with Crippen molar-refractivity contribution in [2.24, 2.45) is 5.92 Å². The van der Waals surface area contributed by atoms with Crippen molar-refractivity contribution in [3.8, 4) is 5.75 Å². The second-order valence-electron chi connectivity index (χ2n) is 9.31. The molecule has 188 valence electrons. The molecule has 5 rings (SSSR count). The first-order chi connectivity index (χ1) is 18.0. The number of hydrogen-bond donors (Lipinski definition) is 1. The Balaban J connectivity index is 1.34. The molecule has 5 nitrogen and oxygen atoms in total. The number of carboxylic acids is 1. The zero-order valence-electron chi connectivity index (χ0n) is 20.3. The van der Waals surface area contributed by atoms with Crippen LogP contribution in [0.3, 0.4) is 0 Å². The van der Waals surface area contributed by atoms with Crippen LogP contribution in [-0.4, -0.2) is 29.3 Å². The van der Waals surface area contributed by atoms with Gasteiger partial charge in [-0.25, -0.2) is 9.78 Å². The molecule has 0 spiro atoms. The third-order valence-corrected chi connectivity index (χ3v) is 6.91. The van der Waals surface area contributed by atoms with Crippen LogP contribution >= 0.6 is 11.6 Å². The van der Waals surface area contributed by atoms with E-state index in [9.17, 15) is 9.90 Å². The summed E-state index contributed by atoms with van der Waals surface area (Å²) in [5.74, 6) is -0.102. The lowest BCUT2D eigenvalue weighted by Crippen LogP contribution is -2.22. The summed E-state index contributed by atoms with van der Waals surface area (Å²) in [6.45, 7) is 0.884. The molecule has 1 N–H and O–H groups in total. The second kappa shape index (κ2) is 11.6. The van der Waals surface area contributed by atoms with Gasteiger partial charge in [-0.15, -0.1) is 0 Å². The summed E-state index contributed by atoms with van der Waals surface area (Å²) >= 11 is 6.13. The number of aromatic carboxylic acids is 1. The topological polar surface area (TPSA) is 68.7 Å². The summed E-state index contributed by atoms with van der Waals surface area (Å²) < 4.78 is 12.3. The SMILES string of the molecule is O=C(O)c1ccccc1OCC(OCC1CCC1)c1cccc(/C=C/c2ccc3ccc(Cl)cc3n2)c1. The molecule has 1 aliphatic rings. The van der Waals surface area contributed by atoms with Gasteiger partial charge in [0, 0.05) is 10.4 Å². The predicted octanol–water partition coefficient (Wildman–Crippen LogP) is 7.69. The second-order valence-corrected chi connectivity index (χ2v) is 9.74. The normalized spacial score (nSPS) is 14.5. The standard InChI is InChI=1S/C31H28ClNO4/c32-25-14-12-23-13-16-26(33-28(23)18-25)15-11-21-5-4-8-24(17-21)30(36-19-22-6-3-7-22)20-37-29-10-2-1-9-27(29)31(34)35/h1-2,4-5,8-18,22,30H,3,6-7,19-20H2,(H,34,35)/b15-11+. The fourth-order valence-electron chi connectivity index (χ4n) is 4.33. The van der Waals surface area contributed by atoms with E-state index < -0.39 is 5.97 Å². The van der Waals surface area contributed by atoms with Gasteiger partial charge in [-0.05, 0) is 72.4 Å². The van der Waals surface area contributed by atoms with E-state index in [0.29, 0.717) is 23.3 Å². The fraction of sp³-hybridized carbons (Fsp3) is 0.226. The molecule has 0 amide bonds. The quantitative estimate of drug-likeness (QED) is 0.235. The summed E-state index contributed by atoms with van der Waals surface area (Å²) in [6.07, 6.45) is 7.28. The number of pyridine rings is 1. The molecular weight excluding hydrogens is 486 g/mol. The molecule has 1 saturated carbocycles. The number of para-hydroxylation sites is 1. The van der Waals surface area contributed by atoms with E-state index in [-0.39, 0.29) is 18.3 Å². The van der Waals surface area contributed by atoms with E-state index in [4.69, 9.17) is 26.1 Å². The van der Waals surface area contributed by atoms with Crippen LogP contribution in [-0.2, 0) is 4.74 Å². The molecule has 0 radical (unpaired) electrons. The lowest BCUT2D eigenvalue weighted by atomic mass is 9.86. The van der Waals surface area contributed by atoms with Crippen molar-refractivity contribution in [2.45, 2.75) is 25.4 Å². The van der Waals surface area contributed by atoms with Crippen LogP contribution in [0.1, 0.15) is 52.5 Å². The molecule has 37 heavy (non-hydrogen) atoms. The van der Waals surface area contributed by atoms with Gasteiger partial charge in [0.1, 0.15) is 24.0 Å². The lowest BCUT2D eigenvalue weighted by Gasteiger charge is -2.28. The Bertz CT molecular complexity index is 1430. The van der Waals surface area contributed by atoms with Crippen LogP contribution in [0, 0.1) is 5.92 Å². The van der Waals surface area contributed by atoms with E-state index in [2.05, 4.69) is 6.07 Å². The van der Waals surface area contributed by atoms with Crippen molar-refractivity contribution in [2.75, 3.05) is 13.2 Å². The molecule has 1 unspecified atom stereocenters. The predicted molar refractivity (Wildman–Crippen MR) is 147 cm³/mol. The number of halogens is 1. The first kappa shape index (κ1) is 25.0. The molecular formula is C31H28ClNO4. The van der Waals surface area contributed by atoms with E-state index >= 15 is 0 Å². The number of carboxylic acid groups (broad SMARTS) is 1. The monoisotopic (exact) mass is 513 g/mol. The molecule has 0 aliphatic heterocycles. The molecule has 1 aromatic heterocycles. The van der Waals surface area contributed by atoms with Gasteiger partial charge >= 0.3 is 5.97 Å². The van der Waals surface area contributed by atoms with Gasteiger partial charge in [-0.1, -0.05) is 66.6 Å². The Kier molecular flexibility index (Phi) is 7.83. The average Bonchev–Trinajstić information content (AvgIpc) is 2.88. The van der Waals surface area contributed by atoms with Crippen LogP contribution < -0.4 is 4.74 Å². The maximum atomic E-state index is 11.6. The summed E-state index contributed by atoms with van der Waals surface area (Å²) in [4.78, 5) is 16.3. The molecule has 1 atom stereocenters. The van der Waals surface area contributed by atoms with Gasteiger partial charge in [-0.2, -0.15) is 0 Å². The number of aromatic nitrogens is 1. The summed E-state index contributed by atoms with van der Waals surface area (Å²) in [6, 6.07) is 24.5. The highest BCUT2D eigenvalue weighted by Crippen LogP contribution is 2.30. The van der Waals surface area contributed by atoms with Gasteiger partial charge < -0.3 is 14.6 Å². The van der Waals surface area contributed by atoms with E-state index in [1.165, 1.54) is 19.3 Å². The van der Waals surface area contributed by atoms with E-state index in [0.717, 1.165) is 27.7 Å². The van der Waals surface area contributed by atoms with Crippen LogP contribution in [0.5, 0.6) is 5.75 Å². The minimum Gasteiger partial charge on any atom is -0.490 e. The van der Waals surface area contributed by atoms with Crippen LogP contribution in [0.2, 0.25) is 5.02 Å². The number of ether oxygens (including phenoxy) is 2. The fourth-order valence-corrected chi connectivity index (χ4v) is 4.50. The van der Waals surface area contributed by atoms with Gasteiger partial charge in [0.15, 0.2) is 0 Å². The Morgan fingerprint density at radius 3 is 2.68 bits per heavy atom. The summed E-state index contributed by atoms with van der Waals surface area (Å²) in [7, 11) is 0. The van der Waals surface area contributed by atoms with Crippen molar-refractivity contribution < 1.29 is 19.4 Å². The zero-order valence-corrected chi connectivity index (χ0v) is 21.1. The maximum absolute atomic E-state index is 11.6. The van der Waals surface area contributed by atoms with Crippen LogP contribution in [0.25, 0.3) is 23.1 Å². The molecule has 1 aliphatic carbocycles. The number of hydrogen-bond acceptors (Lipinski definition) is 4.